The maximum Gasteiger partial charge on any atom is 0.310 e. The van der Waals surface area contributed by atoms with Gasteiger partial charge in [-0.1, -0.05) is 6.07 Å². The molecular weight excluding hydrogens is 211 g/mol. The number of esters is 1. The van der Waals surface area contributed by atoms with Gasteiger partial charge in [0.2, 0.25) is 0 Å². The first-order valence-corrected chi connectivity index (χ1v) is 5.24. The Bertz CT molecular complexity index is 363. The Morgan fingerprint density at radius 3 is 2.69 bits per heavy atom. The van der Waals surface area contributed by atoms with E-state index in [0.717, 1.165) is 0 Å². The molecule has 1 aromatic rings. The van der Waals surface area contributed by atoms with Crippen LogP contribution in [0.1, 0.15) is 19.4 Å². The molecule has 0 bridgehead atoms. The third kappa shape index (κ3) is 3.22. The number of carbonyl (C=O) groups excluding carboxylic acids is 1. The summed E-state index contributed by atoms with van der Waals surface area (Å²) < 4.78 is 23.5. The molecule has 0 fully saturated rings. The molecule has 0 aliphatic heterocycles. The molecule has 16 heavy (non-hydrogen) atoms. The second-order valence-corrected chi connectivity index (χ2v) is 3.13. The number of halogens is 1. The van der Waals surface area contributed by atoms with Crippen molar-refractivity contribution in [1.82, 2.24) is 0 Å². The van der Waals surface area contributed by atoms with Gasteiger partial charge in [-0.25, -0.2) is 4.39 Å². The van der Waals surface area contributed by atoms with Crippen LogP contribution in [0.15, 0.2) is 18.2 Å². The van der Waals surface area contributed by atoms with Crippen molar-refractivity contribution in [2.75, 3.05) is 13.2 Å². The lowest BCUT2D eigenvalue weighted by molar-refractivity contribution is -0.142. The smallest absolute Gasteiger partial charge is 0.310 e. The summed E-state index contributed by atoms with van der Waals surface area (Å²) in [6.07, 6.45) is -0.101. The summed E-state index contributed by atoms with van der Waals surface area (Å²) in [4.78, 5) is 11.3. The van der Waals surface area contributed by atoms with E-state index in [2.05, 4.69) is 0 Å². The van der Waals surface area contributed by atoms with Crippen molar-refractivity contribution in [3.05, 3.63) is 29.6 Å². The minimum Gasteiger partial charge on any atom is -0.493 e. The highest BCUT2D eigenvalue weighted by Crippen LogP contribution is 2.22. The van der Waals surface area contributed by atoms with E-state index >= 15 is 0 Å². The Hall–Kier alpha value is -1.58. The molecule has 0 amide bonds. The van der Waals surface area contributed by atoms with Gasteiger partial charge in [-0.15, -0.1) is 0 Å². The van der Waals surface area contributed by atoms with E-state index in [-0.39, 0.29) is 18.6 Å². The van der Waals surface area contributed by atoms with Gasteiger partial charge in [-0.05, 0) is 26.0 Å². The minimum atomic E-state index is -0.450. The summed E-state index contributed by atoms with van der Waals surface area (Å²) in [5.41, 5.74) is 0.253. The van der Waals surface area contributed by atoms with Crippen LogP contribution < -0.4 is 4.74 Å². The van der Waals surface area contributed by atoms with Gasteiger partial charge in [0.15, 0.2) is 0 Å². The highest BCUT2D eigenvalue weighted by molar-refractivity contribution is 5.73. The van der Waals surface area contributed by atoms with Gasteiger partial charge in [0.05, 0.1) is 19.6 Å². The normalized spacial score (nSPS) is 9.94. The van der Waals surface area contributed by atoms with Gasteiger partial charge >= 0.3 is 5.97 Å². The molecule has 0 atom stereocenters. The summed E-state index contributed by atoms with van der Waals surface area (Å²) in [6.45, 7) is 4.23. The van der Waals surface area contributed by atoms with E-state index in [0.29, 0.717) is 12.4 Å². The molecular formula is C12H15FO3. The van der Waals surface area contributed by atoms with Crippen LogP contribution in [0, 0.1) is 5.82 Å². The van der Waals surface area contributed by atoms with Crippen molar-refractivity contribution in [2.24, 2.45) is 0 Å². The molecule has 1 aromatic carbocycles. The summed E-state index contributed by atoms with van der Waals surface area (Å²) >= 11 is 0. The minimum absolute atomic E-state index is 0.101. The molecule has 1 rings (SSSR count). The monoisotopic (exact) mass is 226 g/mol. The fraction of sp³-hybridized carbons (Fsp3) is 0.417. The summed E-state index contributed by atoms with van der Waals surface area (Å²) in [6, 6.07) is 4.49. The zero-order chi connectivity index (χ0) is 12.0. The van der Waals surface area contributed by atoms with Crippen LogP contribution in [-0.4, -0.2) is 19.2 Å². The van der Waals surface area contributed by atoms with Crippen LogP contribution in [0.2, 0.25) is 0 Å². The molecule has 0 heterocycles. The molecule has 4 heteroatoms. The van der Waals surface area contributed by atoms with Gasteiger partial charge in [0.1, 0.15) is 11.6 Å². The van der Waals surface area contributed by atoms with Gasteiger partial charge in [0.25, 0.3) is 0 Å². The number of hydrogen-bond donors (Lipinski definition) is 0. The third-order valence-electron chi connectivity index (χ3n) is 2.00. The SMILES string of the molecule is CCOC(=O)Cc1c(F)cccc1OCC. The van der Waals surface area contributed by atoms with Crippen molar-refractivity contribution in [3.63, 3.8) is 0 Å². The Kier molecular flexibility index (Phi) is 4.76. The van der Waals surface area contributed by atoms with Crippen LogP contribution >= 0.6 is 0 Å². The Labute approximate surface area is 94.2 Å². The van der Waals surface area contributed by atoms with E-state index < -0.39 is 11.8 Å². The summed E-state index contributed by atoms with van der Waals surface area (Å²) in [5, 5.41) is 0. The number of carbonyl (C=O) groups is 1. The van der Waals surface area contributed by atoms with Crippen molar-refractivity contribution < 1.29 is 18.7 Å². The highest BCUT2D eigenvalue weighted by Gasteiger charge is 2.14. The largest absolute Gasteiger partial charge is 0.493 e. The average Bonchev–Trinajstić information content (AvgIpc) is 2.24. The number of benzene rings is 1. The van der Waals surface area contributed by atoms with Crippen molar-refractivity contribution in [1.29, 1.82) is 0 Å². The third-order valence-corrected chi connectivity index (χ3v) is 2.00. The predicted molar refractivity (Wildman–Crippen MR) is 57.9 cm³/mol. The Morgan fingerprint density at radius 2 is 2.06 bits per heavy atom. The molecule has 0 saturated heterocycles. The molecule has 0 spiro atoms. The lowest BCUT2D eigenvalue weighted by atomic mass is 10.1. The molecule has 0 radical (unpaired) electrons. The highest BCUT2D eigenvalue weighted by atomic mass is 19.1. The lowest BCUT2D eigenvalue weighted by Gasteiger charge is -2.10. The molecule has 0 aliphatic carbocycles. The fourth-order valence-electron chi connectivity index (χ4n) is 1.36. The number of hydrogen-bond acceptors (Lipinski definition) is 3. The molecule has 3 nitrogen and oxygen atoms in total. The molecule has 0 aliphatic rings. The zero-order valence-electron chi connectivity index (χ0n) is 9.46. The van der Waals surface area contributed by atoms with Crippen LogP contribution in [-0.2, 0) is 16.0 Å². The van der Waals surface area contributed by atoms with Gasteiger partial charge in [-0.3, -0.25) is 4.79 Å². The first-order valence-electron chi connectivity index (χ1n) is 5.24. The number of ether oxygens (including phenoxy) is 2. The van der Waals surface area contributed by atoms with Gasteiger partial charge in [0, 0.05) is 5.56 Å². The van der Waals surface area contributed by atoms with E-state index in [1.807, 2.05) is 0 Å². The molecule has 88 valence electrons. The summed E-state index contributed by atoms with van der Waals surface area (Å²) in [5.74, 6) is -0.497. The average molecular weight is 226 g/mol. The Balaban J connectivity index is 2.87. The van der Waals surface area contributed by atoms with Gasteiger partial charge in [-0.2, -0.15) is 0 Å². The van der Waals surface area contributed by atoms with E-state index in [1.54, 1.807) is 26.0 Å². The van der Waals surface area contributed by atoms with Crippen LogP contribution in [0.3, 0.4) is 0 Å². The van der Waals surface area contributed by atoms with Crippen LogP contribution in [0.4, 0.5) is 4.39 Å². The van der Waals surface area contributed by atoms with E-state index in [4.69, 9.17) is 9.47 Å². The maximum absolute atomic E-state index is 13.5. The lowest BCUT2D eigenvalue weighted by Crippen LogP contribution is -2.10. The predicted octanol–water partition coefficient (Wildman–Crippen LogP) is 2.33. The van der Waals surface area contributed by atoms with Crippen molar-refractivity contribution in [2.45, 2.75) is 20.3 Å². The molecule has 0 saturated carbocycles. The molecule has 0 aromatic heterocycles. The fourth-order valence-corrected chi connectivity index (χ4v) is 1.36. The van der Waals surface area contributed by atoms with Crippen molar-refractivity contribution >= 4 is 5.97 Å². The van der Waals surface area contributed by atoms with E-state index in [9.17, 15) is 9.18 Å². The van der Waals surface area contributed by atoms with Crippen molar-refractivity contribution in [3.8, 4) is 5.75 Å². The molecule has 0 N–H and O–H groups in total. The van der Waals surface area contributed by atoms with E-state index in [1.165, 1.54) is 6.07 Å². The first-order chi connectivity index (χ1) is 7.69. The molecule has 0 unspecified atom stereocenters. The number of rotatable bonds is 5. The topological polar surface area (TPSA) is 35.5 Å². The van der Waals surface area contributed by atoms with Crippen LogP contribution in [0.25, 0.3) is 0 Å². The quantitative estimate of drug-likeness (QED) is 0.723. The summed E-state index contributed by atoms with van der Waals surface area (Å²) in [7, 11) is 0. The maximum atomic E-state index is 13.5. The van der Waals surface area contributed by atoms with Crippen LogP contribution in [0.5, 0.6) is 5.75 Å². The Morgan fingerprint density at radius 1 is 1.31 bits per heavy atom. The standard InChI is InChI=1S/C12H15FO3/c1-3-15-11-7-5-6-10(13)9(11)8-12(14)16-4-2/h5-7H,3-4,8H2,1-2H3. The van der Waals surface area contributed by atoms with Gasteiger partial charge < -0.3 is 9.47 Å². The second kappa shape index (κ2) is 6.10. The first kappa shape index (κ1) is 12.5. The second-order valence-electron chi connectivity index (χ2n) is 3.13. The zero-order valence-corrected chi connectivity index (χ0v) is 9.46.